The molecule has 1 radical (unpaired) electrons. The molecule has 0 aromatic carbocycles. The van der Waals surface area contributed by atoms with Gasteiger partial charge in [0.2, 0.25) is 0 Å². The van der Waals surface area contributed by atoms with Crippen LogP contribution in [0.3, 0.4) is 0 Å². The number of hydrogen-bond donors (Lipinski definition) is 4. The summed E-state index contributed by atoms with van der Waals surface area (Å²) in [5.41, 5.74) is 19.6. The summed E-state index contributed by atoms with van der Waals surface area (Å²) in [4.78, 5) is 0. The second-order valence-electron chi connectivity index (χ2n) is 1.15. The molecular formula is C6H16AgCuN6+. The molecule has 0 aromatic heterocycles. The zero-order valence-electron chi connectivity index (χ0n) is 7.64. The summed E-state index contributed by atoms with van der Waals surface area (Å²) in [6, 6.07) is 0. The van der Waals surface area contributed by atoms with Gasteiger partial charge in [-0.1, -0.05) is 0 Å². The van der Waals surface area contributed by atoms with Crippen LogP contribution < -0.4 is 22.9 Å². The van der Waals surface area contributed by atoms with Gasteiger partial charge in [0, 0.05) is 26.2 Å². The maximum absolute atomic E-state index is 6.25. The summed E-state index contributed by atoms with van der Waals surface area (Å²) in [5, 5.41) is 12.5. The van der Waals surface area contributed by atoms with Crippen LogP contribution in [0.1, 0.15) is 0 Å². The second kappa shape index (κ2) is 115. The van der Waals surface area contributed by atoms with E-state index in [4.69, 9.17) is 46.6 Å². The van der Waals surface area contributed by atoms with Crippen LogP contribution in [-0.4, -0.2) is 26.2 Å². The zero-order valence-corrected chi connectivity index (χ0v) is 10.1. The van der Waals surface area contributed by atoms with Crippen LogP contribution in [0.2, 0.25) is 0 Å². The maximum atomic E-state index is 6.25. The normalized spacial score (nSPS) is 4.57. The zero-order chi connectivity index (χ0) is 10.8. The molecule has 0 spiro atoms. The summed E-state index contributed by atoms with van der Waals surface area (Å²) in [7, 11) is 0. The molecular weight excluding hydrogens is 328 g/mol. The molecule has 8 heteroatoms. The molecule has 0 unspecified atom stereocenters. The van der Waals surface area contributed by atoms with Gasteiger partial charge in [-0.3, -0.25) is 0 Å². The first-order valence-electron chi connectivity index (χ1n) is 3.08. The van der Waals surface area contributed by atoms with Crippen LogP contribution in [0.4, 0.5) is 0 Å². The number of nitrogens with two attached hydrogens (primary N) is 4. The Kier molecular flexibility index (Phi) is 302. The van der Waals surface area contributed by atoms with Gasteiger partial charge in [-0.05, 0) is 0 Å². The van der Waals surface area contributed by atoms with E-state index in [1.165, 1.54) is 0 Å². The van der Waals surface area contributed by atoms with Crippen LogP contribution >= 0.6 is 0 Å². The van der Waals surface area contributed by atoms with Crippen molar-refractivity contribution in [2.75, 3.05) is 26.2 Å². The first-order valence-corrected chi connectivity index (χ1v) is 3.08. The molecule has 0 aromatic rings. The molecule has 0 atom stereocenters. The van der Waals surface area contributed by atoms with Crippen molar-refractivity contribution >= 4 is 0 Å². The van der Waals surface area contributed by atoms with Crippen LogP contribution in [0.15, 0.2) is 0 Å². The quantitative estimate of drug-likeness (QED) is 0.336. The van der Waals surface area contributed by atoms with Crippen molar-refractivity contribution in [1.29, 1.82) is 10.5 Å². The van der Waals surface area contributed by atoms with E-state index >= 15 is 0 Å². The Balaban J connectivity index is -0.0000000153. The van der Waals surface area contributed by atoms with E-state index in [0.29, 0.717) is 26.2 Å². The van der Waals surface area contributed by atoms with Crippen molar-refractivity contribution in [2.24, 2.45) is 22.9 Å². The maximum Gasteiger partial charge on any atom is 2.00 e. The van der Waals surface area contributed by atoms with Crippen molar-refractivity contribution in [3.63, 3.8) is 0 Å². The monoisotopic (exact) mass is 342 g/mol. The largest absolute Gasteiger partial charge is 2.00 e. The Morgan fingerprint density at radius 2 is 0.714 bits per heavy atom. The molecule has 0 aliphatic heterocycles. The summed E-state index contributed by atoms with van der Waals surface area (Å²) < 4.78 is 0. The minimum Gasteiger partial charge on any atom is -0.512 e. The topological polar surface area (TPSA) is 152 Å². The van der Waals surface area contributed by atoms with Crippen LogP contribution in [0.5, 0.6) is 0 Å². The molecule has 6 nitrogen and oxygen atoms in total. The van der Waals surface area contributed by atoms with Gasteiger partial charge in [-0.2, -0.15) is 0 Å². The fraction of sp³-hybridized carbons (Fsp3) is 0.667. The van der Waals surface area contributed by atoms with E-state index in [2.05, 4.69) is 0 Å². The fourth-order valence-electron chi connectivity index (χ4n) is 0. The molecule has 91 valence electrons. The van der Waals surface area contributed by atoms with Crippen molar-refractivity contribution < 1.29 is 39.4 Å². The molecule has 0 saturated carbocycles. The number of nitrogens with zero attached hydrogens (tertiary/aromatic N) is 2. The predicted octanol–water partition coefficient (Wildman–Crippen LogP) is -2.00. The van der Waals surface area contributed by atoms with E-state index in [1.54, 1.807) is 0 Å². The van der Waals surface area contributed by atoms with Crippen molar-refractivity contribution in [3.8, 4) is 0 Å². The van der Waals surface area contributed by atoms with Gasteiger partial charge in [0.1, 0.15) is 0 Å². The molecule has 0 amide bonds. The summed E-state index contributed by atoms with van der Waals surface area (Å²) in [5.74, 6) is 0. The number of hydrogen-bond acceptors (Lipinski definition) is 6. The first-order chi connectivity index (χ1) is 5.83. The molecule has 0 saturated heterocycles. The van der Waals surface area contributed by atoms with Crippen LogP contribution in [0.25, 0.3) is 0 Å². The van der Waals surface area contributed by atoms with Crippen molar-refractivity contribution in [2.45, 2.75) is 0 Å². The summed E-state index contributed by atoms with van der Waals surface area (Å²) in [6.07, 6.45) is 0. The number of rotatable bonds is 2. The molecule has 0 fully saturated rings. The van der Waals surface area contributed by atoms with Gasteiger partial charge >= 0.3 is 39.4 Å². The Labute approximate surface area is 112 Å². The van der Waals surface area contributed by atoms with Crippen LogP contribution in [0, 0.1) is 23.7 Å². The van der Waals surface area contributed by atoms with Gasteiger partial charge < -0.3 is 46.6 Å². The summed E-state index contributed by atoms with van der Waals surface area (Å²) in [6.45, 7) is 11.9. The van der Waals surface area contributed by atoms with E-state index < -0.39 is 0 Å². The fourth-order valence-corrected chi connectivity index (χ4v) is 0. The third kappa shape index (κ3) is 343. The SMILES string of the molecule is NCCN.NCCN.[Ag+].[C-]#N.[C-]#N.[Cu+2]. The smallest absolute Gasteiger partial charge is 0.512 e. The van der Waals surface area contributed by atoms with Gasteiger partial charge in [0.05, 0.1) is 0 Å². The van der Waals surface area contributed by atoms with Gasteiger partial charge in [0.25, 0.3) is 0 Å². The second-order valence-corrected chi connectivity index (χ2v) is 1.15. The molecule has 8 N–H and O–H groups in total. The molecule has 0 rings (SSSR count). The van der Waals surface area contributed by atoms with Gasteiger partial charge in [0.15, 0.2) is 0 Å². The Morgan fingerprint density at radius 1 is 0.643 bits per heavy atom. The van der Waals surface area contributed by atoms with Crippen molar-refractivity contribution in [1.82, 2.24) is 0 Å². The van der Waals surface area contributed by atoms with E-state index in [1.807, 2.05) is 0 Å². The minimum absolute atomic E-state index is 0. The third-order valence-electron chi connectivity index (χ3n) is 0.333. The molecule has 0 heterocycles. The van der Waals surface area contributed by atoms with E-state index in [0.717, 1.165) is 0 Å². The standard InChI is InChI=1S/2C2H8N2.2CN.Ag.Cu/c2*3-1-2-4;2*1-2;;/h2*1-4H2;;;;/q;;2*-1;+1;+2. The molecule has 14 heavy (non-hydrogen) atoms. The van der Waals surface area contributed by atoms with E-state index in [-0.39, 0.29) is 39.4 Å². The average molecular weight is 344 g/mol. The summed E-state index contributed by atoms with van der Waals surface area (Å²) >= 11 is 0. The molecule has 0 bridgehead atoms. The average Bonchev–Trinajstić information content (AvgIpc) is 2.23. The van der Waals surface area contributed by atoms with Crippen LogP contribution in [-0.2, 0) is 39.4 Å². The molecule has 0 aliphatic carbocycles. The Hall–Kier alpha value is 0.0797. The van der Waals surface area contributed by atoms with Crippen molar-refractivity contribution in [3.05, 3.63) is 13.1 Å². The Morgan fingerprint density at radius 3 is 0.714 bits per heavy atom. The minimum atomic E-state index is 0. The van der Waals surface area contributed by atoms with E-state index in [9.17, 15) is 0 Å². The predicted molar refractivity (Wildman–Crippen MR) is 46.2 cm³/mol. The molecule has 0 aliphatic rings. The Bertz CT molecular complexity index is 65.2. The van der Waals surface area contributed by atoms with Gasteiger partial charge in [-0.15, -0.1) is 0 Å². The van der Waals surface area contributed by atoms with Gasteiger partial charge in [-0.25, -0.2) is 0 Å². The third-order valence-corrected chi connectivity index (χ3v) is 0.333. The first kappa shape index (κ1) is 36.9.